The van der Waals surface area contributed by atoms with E-state index in [2.05, 4.69) is 0 Å². The monoisotopic (exact) mass is 367 g/mol. The summed E-state index contributed by atoms with van der Waals surface area (Å²) in [5, 5.41) is 8.85. The van der Waals surface area contributed by atoms with Crippen molar-refractivity contribution in [2.75, 3.05) is 6.54 Å². The van der Waals surface area contributed by atoms with E-state index in [4.69, 9.17) is 0 Å². The summed E-state index contributed by atoms with van der Waals surface area (Å²) in [6.45, 7) is 5.68. The summed E-state index contributed by atoms with van der Waals surface area (Å²) in [6, 6.07) is 5.47. The Morgan fingerprint density at radius 3 is 2.36 bits per heavy atom. The zero-order valence-electron chi connectivity index (χ0n) is 14.8. The van der Waals surface area contributed by atoms with Gasteiger partial charge in [0.05, 0.1) is 16.6 Å². The van der Waals surface area contributed by atoms with E-state index in [0.29, 0.717) is 18.5 Å². The Balaban J connectivity index is 2.11. The first-order valence-corrected chi connectivity index (χ1v) is 10.0. The van der Waals surface area contributed by atoms with E-state index in [1.165, 1.54) is 17.0 Å². The van der Waals surface area contributed by atoms with Crippen molar-refractivity contribution in [3.63, 3.8) is 0 Å². The van der Waals surface area contributed by atoms with Crippen molar-refractivity contribution in [3.05, 3.63) is 29.8 Å². The van der Waals surface area contributed by atoms with Crippen LogP contribution in [0.4, 0.5) is 0 Å². The van der Waals surface area contributed by atoms with Gasteiger partial charge in [0.2, 0.25) is 5.91 Å². The fraction of sp³-hybridized carbons (Fsp3) is 0.556. The second-order valence-electron chi connectivity index (χ2n) is 6.99. The van der Waals surface area contributed by atoms with Crippen LogP contribution in [0.2, 0.25) is 0 Å². The maximum absolute atomic E-state index is 12.5. The molecule has 2 rings (SSSR count). The first-order chi connectivity index (χ1) is 11.6. The van der Waals surface area contributed by atoms with Crippen LogP contribution >= 0.6 is 0 Å². The number of carboxylic acids is 1. The molecule has 1 N–H and O–H groups in total. The number of hydrogen-bond acceptors (Lipinski definition) is 4. The van der Waals surface area contributed by atoms with Gasteiger partial charge < -0.3 is 10.0 Å². The van der Waals surface area contributed by atoms with Crippen molar-refractivity contribution < 1.29 is 23.1 Å². The Hall–Kier alpha value is -1.89. The van der Waals surface area contributed by atoms with Gasteiger partial charge in [0.15, 0.2) is 9.84 Å². The highest BCUT2D eigenvalue weighted by molar-refractivity contribution is 7.92. The van der Waals surface area contributed by atoms with Crippen LogP contribution in [0.5, 0.6) is 0 Å². The predicted molar refractivity (Wildman–Crippen MR) is 94.0 cm³/mol. The summed E-state index contributed by atoms with van der Waals surface area (Å²) in [5.41, 5.74) is 0.676. The number of benzene rings is 1. The molecular formula is C18H25NO5S. The Morgan fingerprint density at radius 2 is 1.84 bits per heavy atom. The summed E-state index contributed by atoms with van der Waals surface area (Å²) in [5.74, 6) is -0.928. The molecular weight excluding hydrogens is 342 g/mol. The van der Waals surface area contributed by atoms with Crippen LogP contribution in [0.1, 0.15) is 39.2 Å². The minimum Gasteiger partial charge on any atom is -0.480 e. The second-order valence-corrected chi connectivity index (χ2v) is 9.49. The van der Waals surface area contributed by atoms with Gasteiger partial charge in [0, 0.05) is 6.54 Å². The number of carbonyl (C=O) groups is 2. The highest BCUT2D eigenvalue weighted by atomic mass is 32.2. The number of aliphatic carboxylic acids is 1. The lowest BCUT2D eigenvalue weighted by atomic mass is 9.92. The molecule has 0 radical (unpaired) electrons. The van der Waals surface area contributed by atoms with Gasteiger partial charge >= 0.3 is 5.97 Å². The standard InChI is InChI=1S/C18H25NO5S/c1-12(2)25(23,24)15-6-4-14(5-7-15)11-17(20)19-9-8-13(3)10-16(19)18(21)22/h4-7,12-13,16H,8-11H2,1-3H3,(H,21,22). The van der Waals surface area contributed by atoms with Crippen LogP contribution in [0.15, 0.2) is 29.2 Å². The smallest absolute Gasteiger partial charge is 0.326 e. The van der Waals surface area contributed by atoms with E-state index in [0.717, 1.165) is 6.42 Å². The first-order valence-electron chi connectivity index (χ1n) is 8.48. The number of likely N-dealkylation sites (tertiary alicyclic amines) is 1. The Bertz CT molecular complexity index is 739. The number of rotatable bonds is 5. The third-order valence-electron chi connectivity index (χ3n) is 4.70. The summed E-state index contributed by atoms with van der Waals surface area (Å²) < 4.78 is 24.2. The zero-order valence-corrected chi connectivity index (χ0v) is 15.6. The van der Waals surface area contributed by atoms with Gasteiger partial charge in [-0.2, -0.15) is 0 Å². The molecule has 1 fully saturated rings. The van der Waals surface area contributed by atoms with Gasteiger partial charge in [-0.1, -0.05) is 19.1 Å². The Labute approximate surface area is 148 Å². The lowest BCUT2D eigenvalue weighted by molar-refractivity contribution is -0.152. The minimum atomic E-state index is -3.34. The molecule has 6 nitrogen and oxygen atoms in total. The number of amides is 1. The van der Waals surface area contributed by atoms with Gasteiger partial charge in [0.1, 0.15) is 6.04 Å². The molecule has 0 aromatic heterocycles. The van der Waals surface area contributed by atoms with Crippen LogP contribution in [0.25, 0.3) is 0 Å². The predicted octanol–water partition coefficient (Wildman–Crippen LogP) is 2.12. The number of sulfone groups is 1. The average Bonchev–Trinajstić information content (AvgIpc) is 2.54. The molecule has 138 valence electrons. The van der Waals surface area contributed by atoms with Gasteiger partial charge in [-0.25, -0.2) is 13.2 Å². The van der Waals surface area contributed by atoms with E-state index >= 15 is 0 Å². The second kappa shape index (κ2) is 7.56. The fourth-order valence-electron chi connectivity index (χ4n) is 3.02. The summed E-state index contributed by atoms with van der Waals surface area (Å²) in [4.78, 5) is 25.6. The number of hydrogen-bond donors (Lipinski definition) is 1. The van der Waals surface area contributed by atoms with E-state index in [1.807, 2.05) is 6.92 Å². The molecule has 7 heteroatoms. The normalized spacial score (nSPS) is 21.4. The van der Waals surface area contributed by atoms with Crippen LogP contribution in [0, 0.1) is 5.92 Å². The van der Waals surface area contributed by atoms with Crippen LogP contribution < -0.4 is 0 Å². The molecule has 1 aliphatic rings. The third-order valence-corrected chi connectivity index (χ3v) is 6.87. The van der Waals surface area contributed by atoms with Crippen molar-refractivity contribution in [2.24, 2.45) is 5.92 Å². The average molecular weight is 367 g/mol. The fourth-order valence-corrected chi connectivity index (χ4v) is 4.08. The first kappa shape index (κ1) is 19.4. The van der Waals surface area contributed by atoms with E-state index in [1.54, 1.807) is 26.0 Å². The SMILES string of the molecule is CC1CCN(C(=O)Cc2ccc(S(=O)(=O)C(C)C)cc2)C(C(=O)O)C1. The van der Waals surface area contributed by atoms with Gasteiger partial charge in [-0.3, -0.25) is 4.79 Å². The van der Waals surface area contributed by atoms with Gasteiger partial charge in [-0.05, 0) is 50.3 Å². The highest BCUT2D eigenvalue weighted by Gasteiger charge is 2.34. The molecule has 1 aromatic rings. The molecule has 0 saturated carbocycles. The number of piperidine rings is 1. The van der Waals surface area contributed by atoms with Crippen LogP contribution in [-0.2, 0) is 25.8 Å². The summed E-state index contributed by atoms with van der Waals surface area (Å²) >= 11 is 0. The minimum absolute atomic E-state index is 0.0696. The number of carboxylic acid groups (broad SMARTS) is 1. The van der Waals surface area contributed by atoms with Crippen molar-refractivity contribution >= 4 is 21.7 Å². The third kappa shape index (κ3) is 4.39. The molecule has 2 atom stereocenters. The maximum Gasteiger partial charge on any atom is 0.326 e. The number of carbonyl (C=O) groups excluding carboxylic acids is 1. The molecule has 2 unspecified atom stereocenters. The van der Waals surface area contributed by atoms with Crippen molar-refractivity contribution in [1.82, 2.24) is 4.90 Å². The Kier molecular flexibility index (Phi) is 5.87. The van der Waals surface area contributed by atoms with E-state index in [9.17, 15) is 23.1 Å². The molecule has 1 aromatic carbocycles. The van der Waals surface area contributed by atoms with Crippen LogP contribution in [-0.4, -0.2) is 48.1 Å². The topological polar surface area (TPSA) is 91.8 Å². The molecule has 1 saturated heterocycles. The van der Waals surface area contributed by atoms with Crippen molar-refractivity contribution in [3.8, 4) is 0 Å². The van der Waals surface area contributed by atoms with Crippen molar-refractivity contribution in [2.45, 2.75) is 56.2 Å². The quantitative estimate of drug-likeness (QED) is 0.861. The zero-order chi connectivity index (χ0) is 18.8. The number of nitrogens with zero attached hydrogens (tertiary/aromatic N) is 1. The largest absolute Gasteiger partial charge is 0.480 e. The van der Waals surface area contributed by atoms with Crippen molar-refractivity contribution in [1.29, 1.82) is 0 Å². The molecule has 0 aliphatic carbocycles. The van der Waals surface area contributed by atoms with Crippen LogP contribution in [0.3, 0.4) is 0 Å². The molecule has 25 heavy (non-hydrogen) atoms. The Morgan fingerprint density at radius 1 is 1.24 bits per heavy atom. The molecule has 1 heterocycles. The lowest BCUT2D eigenvalue weighted by Gasteiger charge is -2.36. The summed E-state index contributed by atoms with van der Waals surface area (Å²) in [7, 11) is -3.34. The maximum atomic E-state index is 12.5. The molecule has 0 bridgehead atoms. The summed E-state index contributed by atoms with van der Waals surface area (Å²) in [6.07, 6.45) is 1.33. The molecule has 1 amide bonds. The molecule has 0 spiro atoms. The van der Waals surface area contributed by atoms with E-state index < -0.39 is 27.1 Å². The van der Waals surface area contributed by atoms with Gasteiger partial charge in [-0.15, -0.1) is 0 Å². The van der Waals surface area contributed by atoms with Gasteiger partial charge in [0.25, 0.3) is 0 Å². The van der Waals surface area contributed by atoms with E-state index in [-0.39, 0.29) is 23.1 Å². The molecule has 1 aliphatic heterocycles. The lowest BCUT2D eigenvalue weighted by Crippen LogP contribution is -2.50. The highest BCUT2D eigenvalue weighted by Crippen LogP contribution is 2.24.